The van der Waals surface area contributed by atoms with Gasteiger partial charge in [-0.3, -0.25) is 14.4 Å². The monoisotopic (exact) mass is 357 g/mol. The van der Waals surface area contributed by atoms with Crippen molar-refractivity contribution >= 4 is 23.4 Å². The third-order valence-electron chi connectivity index (χ3n) is 4.18. The van der Waals surface area contributed by atoms with Crippen LogP contribution in [0.25, 0.3) is 0 Å². The molecule has 0 saturated carbocycles. The van der Waals surface area contributed by atoms with Gasteiger partial charge < -0.3 is 24.6 Å². The van der Waals surface area contributed by atoms with Crippen LogP contribution < -0.4 is 5.32 Å². The Morgan fingerprint density at radius 3 is 2.42 bits per heavy atom. The van der Waals surface area contributed by atoms with Gasteiger partial charge in [0.1, 0.15) is 5.75 Å². The third kappa shape index (κ3) is 3.69. The van der Waals surface area contributed by atoms with E-state index in [1.54, 1.807) is 29.2 Å². The van der Waals surface area contributed by atoms with Crippen LogP contribution in [0.15, 0.2) is 41.0 Å². The number of carbonyl (C=O) groups excluding carboxylic acids is 3. The Morgan fingerprint density at radius 2 is 1.77 bits per heavy atom. The fraction of sp³-hybridized carbons (Fsp3) is 0.278. The molecule has 8 nitrogen and oxygen atoms in total. The van der Waals surface area contributed by atoms with Crippen molar-refractivity contribution in [2.75, 3.05) is 31.5 Å². The minimum absolute atomic E-state index is 0.106. The molecule has 1 aliphatic heterocycles. The predicted octanol–water partition coefficient (Wildman–Crippen LogP) is 1.22. The molecule has 3 amide bonds. The number of piperazine rings is 1. The Morgan fingerprint density at radius 1 is 1.08 bits per heavy atom. The molecule has 2 N–H and O–H groups in total. The summed E-state index contributed by atoms with van der Waals surface area (Å²) in [6.07, 6.45) is 1.43. The van der Waals surface area contributed by atoms with Crippen molar-refractivity contribution in [3.63, 3.8) is 0 Å². The van der Waals surface area contributed by atoms with E-state index in [-0.39, 0.29) is 36.2 Å². The normalized spacial score (nSPS) is 14.2. The maximum Gasteiger partial charge on any atom is 0.314 e. The quantitative estimate of drug-likeness (QED) is 0.621. The molecule has 2 aromatic rings. The number of phenols is 1. The highest BCUT2D eigenvalue weighted by molar-refractivity contribution is 6.39. The summed E-state index contributed by atoms with van der Waals surface area (Å²) in [6, 6.07) is 7.96. The Labute approximate surface area is 150 Å². The van der Waals surface area contributed by atoms with Crippen LogP contribution in [0.3, 0.4) is 0 Å². The summed E-state index contributed by atoms with van der Waals surface area (Å²) in [5, 5.41) is 12.2. The Kier molecular flexibility index (Phi) is 4.92. The van der Waals surface area contributed by atoms with E-state index < -0.39 is 11.8 Å². The maximum atomic E-state index is 12.3. The number of anilines is 1. The zero-order valence-corrected chi connectivity index (χ0v) is 14.3. The van der Waals surface area contributed by atoms with Crippen LogP contribution in [-0.4, -0.2) is 58.8 Å². The first kappa shape index (κ1) is 17.5. The molecule has 1 aromatic heterocycles. The number of phenolic OH excluding ortho intramolecular Hbond substituents is 1. The second kappa shape index (κ2) is 7.30. The topological polar surface area (TPSA) is 103 Å². The molecule has 1 aromatic carbocycles. The highest BCUT2D eigenvalue weighted by Crippen LogP contribution is 2.23. The number of hydrogen-bond donors (Lipinski definition) is 2. The van der Waals surface area contributed by atoms with Crippen LogP contribution in [-0.2, 0) is 9.59 Å². The van der Waals surface area contributed by atoms with E-state index in [0.29, 0.717) is 13.1 Å². The van der Waals surface area contributed by atoms with Gasteiger partial charge in [0.05, 0.1) is 12.0 Å². The van der Waals surface area contributed by atoms with Crippen LogP contribution in [0.1, 0.15) is 16.1 Å². The summed E-state index contributed by atoms with van der Waals surface area (Å²) in [7, 11) is 0. The number of amides is 3. The number of carbonyl (C=O) groups is 3. The predicted molar refractivity (Wildman–Crippen MR) is 92.7 cm³/mol. The first-order valence-corrected chi connectivity index (χ1v) is 8.18. The van der Waals surface area contributed by atoms with Gasteiger partial charge in [0.25, 0.3) is 5.91 Å². The second-order valence-corrected chi connectivity index (χ2v) is 6.04. The number of aryl methyl sites for hydroxylation is 1. The SMILES string of the molecule is Cc1ccc(O)c(NC(=O)C(=O)N2CCN(C(=O)c3ccco3)CC2)c1. The molecule has 2 heterocycles. The molecule has 1 saturated heterocycles. The van der Waals surface area contributed by atoms with E-state index in [4.69, 9.17) is 4.42 Å². The first-order valence-electron chi connectivity index (χ1n) is 8.18. The molecule has 136 valence electrons. The molecular formula is C18H19N3O5. The van der Waals surface area contributed by atoms with Crippen molar-refractivity contribution in [3.8, 4) is 5.75 Å². The molecule has 0 spiro atoms. The van der Waals surface area contributed by atoms with E-state index in [1.807, 2.05) is 6.92 Å². The molecule has 8 heteroatoms. The van der Waals surface area contributed by atoms with Gasteiger partial charge in [-0.15, -0.1) is 0 Å². The van der Waals surface area contributed by atoms with Gasteiger partial charge in [-0.1, -0.05) is 6.07 Å². The lowest BCUT2D eigenvalue weighted by molar-refractivity contribution is -0.144. The number of hydrogen-bond acceptors (Lipinski definition) is 5. The van der Waals surface area contributed by atoms with E-state index in [9.17, 15) is 19.5 Å². The van der Waals surface area contributed by atoms with Gasteiger partial charge in [0.2, 0.25) is 0 Å². The lowest BCUT2D eigenvalue weighted by atomic mass is 10.2. The summed E-state index contributed by atoms with van der Waals surface area (Å²) < 4.78 is 5.09. The fourth-order valence-electron chi connectivity index (χ4n) is 2.74. The van der Waals surface area contributed by atoms with Gasteiger partial charge in [-0.2, -0.15) is 0 Å². The number of furan rings is 1. The van der Waals surface area contributed by atoms with Gasteiger partial charge >= 0.3 is 11.8 Å². The molecule has 1 aliphatic rings. The standard InChI is InChI=1S/C18H19N3O5/c1-12-4-5-14(22)13(11-12)19-16(23)18(25)21-8-6-20(7-9-21)17(24)15-3-2-10-26-15/h2-5,10-11,22H,6-9H2,1H3,(H,19,23). The fourth-order valence-corrected chi connectivity index (χ4v) is 2.74. The summed E-state index contributed by atoms with van der Waals surface area (Å²) in [5.74, 6) is -1.62. The number of rotatable bonds is 2. The van der Waals surface area contributed by atoms with E-state index in [0.717, 1.165) is 5.56 Å². The highest BCUT2D eigenvalue weighted by atomic mass is 16.3. The van der Waals surface area contributed by atoms with Crippen LogP contribution in [0, 0.1) is 6.92 Å². The Hall–Kier alpha value is -3.29. The first-order chi connectivity index (χ1) is 12.5. The average molecular weight is 357 g/mol. The van der Waals surface area contributed by atoms with Crippen LogP contribution in [0.2, 0.25) is 0 Å². The van der Waals surface area contributed by atoms with Crippen LogP contribution in [0.4, 0.5) is 5.69 Å². The van der Waals surface area contributed by atoms with Crippen molar-refractivity contribution in [1.82, 2.24) is 9.80 Å². The van der Waals surface area contributed by atoms with Crippen LogP contribution >= 0.6 is 0 Å². The Bertz CT molecular complexity index is 823. The number of nitrogens with zero attached hydrogens (tertiary/aromatic N) is 2. The number of aromatic hydroxyl groups is 1. The van der Waals surface area contributed by atoms with E-state index in [2.05, 4.69) is 5.32 Å². The molecule has 0 radical (unpaired) electrons. The molecule has 1 fully saturated rings. The average Bonchev–Trinajstić information content (AvgIpc) is 3.18. The zero-order valence-electron chi connectivity index (χ0n) is 14.3. The summed E-state index contributed by atoms with van der Waals surface area (Å²) in [6.45, 7) is 2.94. The van der Waals surface area contributed by atoms with E-state index in [1.165, 1.54) is 17.2 Å². The van der Waals surface area contributed by atoms with Gasteiger partial charge in [0, 0.05) is 26.2 Å². The minimum atomic E-state index is -0.822. The largest absolute Gasteiger partial charge is 0.506 e. The zero-order chi connectivity index (χ0) is 18.7. The van der Waals surface area contributed by atoms with Gasteiger partial charge in [-0.05, 0) is 36.8 Å². The minimum Gasteiger partial charge on any atom is -0.506 e. The van der Waals surface area contributed by atoms with Crippen molar-refractivity contribution in [3.05, 3.63) is 47.9 Å². The molecular weight excluding hydrogens is 338 g/mol. The third-order valence-corrected chi connectivity index (χ3v) is 4.18. The molecule has 0 atom stereocenters. The van der Waals surface area contributed by atoms with Crippen molar-refractivity contribution in [1.29, 1.82) is 0 Å². The molecule has 26 heavy (non-hydrogen) atoms. The van der Waals surface area contributed by atoms with E-state index >= 15 is 0 Å². The summed E-state index contributed by atoms with van der Waals surface area (Å²) in [5.41, 5.74) is 1.03. The lowest BCUT2D eigenvalue weighted by Gasteiger charge is -2.33. The van der Waals surface area contributed by atoms with Crippen molar-refractivity contribution < 1.29 is 23.9 Å². The molecule has 0 unspecified atom stereocenters. The molecule has 3 rings (SSSR count). The smallest absolute Gasteiger partial charge is 0.314 e. The van der Waals surface area contributed by atoms with Gasteiger partial charge in [0.15, 0.2) is 5.76 Å². The Balaban J connectivity index is 1.57. The van der Waals surface area contributed by atoms with Gasteiger partial charge in [-0.25, -0.2) is 0 Å². The van der Waals surface area contributed by atoms with Crippen molar-refractivity contribution in [2.24, 2.45) is 0 Å². The van der Waals surface area contributed by atoms with Crippen LogP contribution in [0.5, 0.6) is 5.75 Å². The molecule has 0 aliphatic carbocycles. The summed E-state index contributed by atoms with van der Waals surface area (Å²) >= 11 is 0. The van der Waals surface area contributed by atoms with Crippen molar-refractivity contribution in [2.45, 2.75) is 6.92 Å². The number of benzene rings is 1. The molecule has 0 bridgehead atoms. The second-order valence-electron chi connectivity index (χ2n) is 6.04. The maximum absolute atomic E-state index is 12.3. The summed E-state index contributed by atoms with van der Waals surface area (Å²) in [4.78, 5) is 39.6. The number of nitrogens with one attached hydrogen (secondary N) is 1. The highest BCUT2D eigenvalue weighted by Gasteiger charge is 2.29. The lowest BCUT2D eigenvalue weighted by Crippen LogP contribution is -2.52.